The number of hydrogen-bond donors (Lipinski definition) is 1. The van der Waals surface area contributed by atoms with Gasteiger partial charge >= 0.3 is 0 Å². The van der Waals surface area contributed by atoms with Crippen LogP contribution in [0, 0.1) is 0 Å². The van der Waals surface area contributed by atoms with Gasteiger partial charge in [-0.05, 0) is 24.5 Å². The smallest absolute Gasteiger partial charge is 0.196 e. The molecule has 0 radical (unpaired) electrons. The first-order valence-corrected chi connectivity index (χ1v) is 6.64. The third kappa shape index (κ3) is 3.02. The number of aromatic hydroxyl groups is 1. The summed E-state index contributed by atoms with van der Waals surface area (Å²) < 4.78 is 0. The van der Waals surface area contributed by atoms with Crippen LogP contribution in [0.2, 0.25) is 0 Å². The van der Waals surface area contributed by atoms with Crippen LogP contribution in [0.1, 0.15) is 41.3 Å². The van der Waals surface area contributed by atoms with Crippen molar-refractivity contribution in [2.75, 3.05) is 0 Å². The van der Waals surface area contributed by atoms with Crippen LogP contribution >= 0.6 is 0 Å². The number of phenols is 1. The number of para-hydroxylation sites is 1. The second kappa shape index (κ2) is 6.19. The van der Waals surface area contributed by atoms with E-state index in [1.165, 1.54) is 0 Å². The molecule has 0 unspecified atom stereocenters. The van der Waals surface area contributed by atoms with E-state index in [2.05, 4.69) is 6.92 Å². The van der Waals surface area contributed by atoms with E-state index in [4.69, 9.17) is 0 Å². The molecule has 2 nitrogen and oxygen atoms in total. The molecule has 0 spiro atoms. The van der Waals surface area contributed by atoms with Crippen LogP contribution in [0.3, 0.4) is 0 Å². The van der Waals surface area contributed by atoms with E-state index in [1.54, 1.807) is 18.2 Å². The Hall–Kier alpha value is -2.09. The minimum atomic E-state index is -0.128. The Kier molecular flexibility index (Phi) is 4.35. The molecule has 0 saturated carbocycles. The number of ketones is 1. The minimum absolute atomic E-state index is 0.128. The Bertz CT molecular complexity index is 559. The first-order valence-electron chi connectivity index (χ1n) is 6.64. The van der Waals surface area contributed by atoms with Gasteiger partial charge in [0.05, 0.1) is 5.56 Å². The van der Waals surface area contributed by atoms with Crippen LogP contribution in [-0.2, 0) is 6.42 Å². The number of carbonyl (C=O) groups excluding carboxylic acids is 1. The van der Waals surface area contributed by atoms with E-state index >= 15 is 0 Å². The van der Waals surface area contributed by atoms with Gasteiger partial charge in [-0.1, -0.05) is 55.8 Å². The molecule has 0 fully saturated rings. The Labute approximate surface area is 113 Å². The summed E-state index contributed by atoms with van der Waals surface area (Å²) in [6, 6.07) is 14.4. The molecule has 98 valence electrons. The lowest BCUT2D eigenvalue weighted by Gasteiger charge is -2.08. The number of rotatable bonds is 5. The maximum atomic E-state index is 12.3. The van der Waals surface area contributed by atoms with Crippen molar-refractivity contribution < 1.29 is 9.90 Å². The first-order chi connectivity index (χ1) is 9.24. The summed E-state index contributed by atoms with van der Waals surface area (Å²) in [4.78, 5) is 12.3. The molecule has 1 N–H and O–H groups in total. The summed E-state index contributed by atoms with van der Waals surface area (Å²) in [5, 5.41) is 10.2. The largest absolute Gasteiger partial charge is 0.507 e. The summed E-state index contributed by atoms with van der Waals surface area (Å²) in [7, 11) is 0. The standard InChI is InChI=1S/C17H18O2/c1-2-3-8-13-11-7-12-15(16(13)18)17(19)14-9-5-4-6-10-14/h4-7,9-12,18H,2-3,8H2,1H3. The second-order valence-corrected chi connectivity index (χ2v) is 4.61. The molecule has 19 heavy (non-hydrogen) atoms. The summed E-state index contributed by atoms with van der Waals surface area (Å²) >= 11 is 0. The molecule has 2 aromatic rings. The van der Waals surface area contributed by atoms with E-state index in [0.29, 0.717) is 11.1 Å². The average Bonchev–Trinajstić information content (AvgIpc) is 2.46. The Morgan fingerprint density at radius 1 is 1.05 bits per heavy atom. The van der Waals surface area contributed by atoms with E-state index in [0.717, 1.165) is 24.8 Å². The van der Waals surface area contributed by atoms with Crippen molar-refractivity contribution in [1.82, 2.24) is 0 Å². The lowest BCUT2D eigenvalue weighted by molar-refractivity contribution is 0.103. The topological polar surface area (TPSA) is 37.3 Å². The number of aryl methyl sites for hydroxylation is 1. The van der Waals surface area contributed by atoms with Gasteiger partial charge in [0.2, 0.25) is 0 Å². The van der Waals surface area contributed by atoms with Gasteiger partial charge in [-0.2, -0.15) is 0 Å². The van der Waals surface area contributed by atoms with Crippen molar-refractivity contribution in [1.29, 1.82) is 0 Å². The monoisotopic (exact) mass is 254 g/mol. The highest BCUT2D eigenvalue weighted by molar-refractivity contribution is 6.10. The zero-order valence-corrected chi connectivity index (χ0v) is 11.1. The summed E-state index contributed by atoms with van der Waals surface area (Å²) in [6.07, 6.45) is 2.88. The molecule has 0 amide bonds. The fourth-order valence-corrected chi connectivity index (χ4v) is 2.09. The molecule has 0 aromatic heterocycles. The minimum Gasteiger partial charge on any atom is -0.507 e. The van der Waals surface area contributed by atoms with E-state index in [-0.39, 0.29) is 11.5 Å². The quantitative estimate of drug-likeness (QED) is 0.820. The molecule has 2 rings (SSSR count). The maximum absolute atomic E-state index is 12.3. The fourth-order valence-electron chi connectivity index (χ4n) is 2.09. The van der Waals surface area contributed by atoms with Crippen molar-refractivity contribution in [3.63, 3.8) is 0 Å². The molecule has 0 atom stereocenters. The van der Waals surface area contributed by atoms with Crippen LogP contribution in [-0.4, -0.2) is 10.9 Å². The molecule has 0 heterocycles. The zero-order valence-electron chi connectivity index (χ0n) is 11.1. The van der Waals surface area contributed by atoms with Crippen LogP contribution in [0.25, 0.3) is 0 Å². The van der Waals surface area contributed by atoms with E-state index in [9.17, 15) is 9.90 Å². The Morgan fingerprint density at radius 3 is 2.47 bits per heavy atom. The molecule has 2 aromatic carbocycles. The maximum Gasteiger partial charge on any atom is 0.196 e. The predicted molar refractivity (Wildman–Crippen MR) is 76.6 cm³/mol. The summed E-state index contributed by atoms with van der Waals surface area (Å²) in [5.41, 5.74) is 1.84. The first kappa shape index (κ1) is 13.3. The lowest BCUT2D eigenvalue weighted by atomic mass is 9.98. The number of carbonyl (C=O) groups is 1. The third-order valence-corrected chi connectivity index (χ3v) is 3.20. The van der Waals surface area contributed by atoms with E-state index in [1.807, 2.05) is 30.3 Å². The number of hydrogen-bond acceptors (Lipinski definition) is 2. The molecule has 0 aliphatic carbocycles. The van der Waals surface area contributed by atoms with Gasteiger partial charge in [0, 0.05) is 5.56 Å². The molecule has 0 bridgehead atoms. The highest BCUT2D eigenvalue weighted by Gasteiger charge is 2.15. The van der Waals surface area contributed by atoms with Crippen molar-refractivity contribution >= 4 is 5.78 Å². The van der Waals surface area contributed by atoms with Gasteiger partial charge < -0.3 is 5.11 Å². The average molecular weight is 254 g/mol. The lowest BCUT2D eigenvalue weighted by Crippen LogP contribution is -2.02. The van der Waals surface area contributed by atoms with Crippen LogP contribution < -0.4 is 0 Å². The van der Waals surface area contributed by atoms with Crippen LogP contribution in [0.4, 0.5) is 0 Å². The van der Waals surface area contributed by atoms with Gasteiger partial charge in [-0.25, -0.2) is 0 Å². The van der Waals surface area contributed by atoms with Crippen molar-refractivity contribution in [2.24, 2.45) is 0 Å². The van der Waals surface area contributed by atoms with Crippen molar-refractivity contribution in [2.45, 2.75) is 26.2 Å². The van der Waals surface area contributed by atoms with Gasteiger partial charge in [0.25, 0.3) is 0 Å². The summed E-state index contributed by atoms with van der Waals surface area (Å²) in [6.45, 7) is 2.11. The van der Waals surface area contributed by atoms with Crippen LogP contribution in [0.15, 0.2) is 48.5 Å². The predicted octanol–water partition coefficient (Wildman–Crippen LogP) is 3.97. The molecule has 0 saturated heterocycles. The number of benzene rings is 2. The van der Waals surface area contributed by atoms with Crippen molar-refractivity contribution in [3.8, 4) is 5.75 Å². The van der Waals surface area contributed by atoms with E-state index < -0.39 is 0 Å². The Morgan fingerprint density at radius 2 is 1.79 bits per heavy atom. The molecule has 0 aliphatic rings. The van der Waals surface area contributed by atoms with Gasteiger partial charge in [-0.15, -0.1) is 0 Å². The molecule has 0 aliphatic heterocycles. The van der Waals surface area contributed by atoms with Gasteiger partial charge in [0.15, 0.2) is 5.78 Å². The number of phenolic OH excluding ortho intramolecular Hbond substituents is 1. The van der Waals surface area contributed by atoms with Crippen molar-refractivity contribution in [3.05, 3.63) is 65.2 Å². The third-order valence-electron chi connectivity index (χ3n) is 3.20. The second-order valence-electron chi connectivity index (χ2n) is 4.61. The summed E-state index contributed by atoms with van der Waals surface area (Å²) in [5.74, 6) is 0.00116. The van der Waals surface area contributed by atoms with Gasteiger partial charge in [0.1, 0.15) is 5.75 Å². The highest BCUT2D eigenvalue weighted by Crippen LogP contribution is 2.26. The molecular formula is C17H18O2. The molecular weight excluding hydrogens is 236 g/mol. The SMILES string of the molecule is CCCCc1cccc(C(=O)c2ccccc2)c1O. The van der Waals surface area contributed by atoms with Gasteiger partial charge in [-0.3, -0.25) is 4.79 Å². The normalized spacial score (nSPS) is 10.4. The zero-order chi connectivity index (χ0) is 13.7. The fraction of sp³-hybridized carbons (Fsp3) is 0.235. The molecule has 2 heteroatoms. The number of unbranched alkanes of at least 4 members (excludes halogenated alkanes) is 1. The highest BCUT2D eigenvalue weighted by atomic mass is 16.3. The Balaban J connectivity index is 2.32. The van der Waals surface area contributed by atoms with Crippen LogP contribution in [0.5, 0.6) is 5.75 Å².